The molecule has 2 aromatic carbocycles. The second kappa shape index (κ2) is 5.40. The summed E-state index contributed by atoms with van der Waals surface area (Å²) in [6, 6.07) is 11.8. The molecule has 0 atom stereocenters. The molecule has 0 unspecified atom stereocenters. The summed E-state index contributed by atoms with van der Waals surface area (Å²) in [5, 5.41) is 0.672. The maximum Gasteiger partial charge on any atom is 0.129 e. The molecule has 0 aliphatic carbocycles. The van der Waals surface area contributed by atoms with Crippen LogP contribution in [0.1, 0.15) is 11.4 Å². The van der Waals surface area contributed by atoms with Crippen LogP contribution in [0.4, 0.5) is 0 Å². The van der Waals surface area contributed by atoms with Crippen LogP contribution in [-0.2, 0) is 5.88 Å². The predicted molar refractivity (Wildman–Crippen MR) is 88.1 cm³/mol. The van der Waals surface area contributed by atoms with Crippen molar-refractivity contribution in [2.75, 3.05) is 0 Å². The molecule has 0 amide bonds. The minimum atomic E-state index is 0.330. The van der Waals surface area contributed by atoms with Crippen molar-refractivity contribution >= 4 is 50.2 Å². The summed E-state index contributed by atoms with van der Waals surface area (Å²) in [6.45, 7) is 2.06. The van der Waals surface area contributed by atoms with E-state index in [1.54, 1.807) is 0 Å². The Morgan fingerprint density at radius 1 is 1.25 bits per heavy atom. The number of aromatic nitrogens is 2. The van der Waals surface area contributed by atoms with Crippen LogP contribution in [0.5, 0.6) is 0 Å². The fraction of sp³-hybridized carbons (Fsp3) is 0.133. The van der Waals surface area contributed by atoms with Crippen molar-refractivity contribution < 1.29 is 0 Å². The number of alkyl halides is 1. The molecule has 3 aromatic rings. The smallest absolute Gasteiger partial charge is 0.129 e. The van der Waals surface area contributed by atoms with Crippen molar-refractivity contribution in [1.29, 1.82) is 0 Å². The van der Waals surface area contributed by atoms with Gasteiger partial charge in [-0.1, -0.05) is 39.7 Å². The third-order valence-corrected chi connectivity index (χ3v) is 4.27. The first-order chi connectivity index (χ1) is 9.61. The van der Waals surface area contributed by atoms with E-state index in [0.717, 1.165) is 32.6 Å². The minimum Gasteiger partial charge on any atom is -0.293 e. The number of fused-ring (bicyclic) bond motifs is 1. The molecule has 2 nitrogen and oxygen atoms in total. The van der Waals surface area contributed by atoms with E-state index >= 15 is 0 Å². The molecule has 0 aliphatic rings. The van der Waals surface area contributed by atoms with Crippen LogP contribution < -0.4 is 0 Å². The molecular weight excluding hydrogens is 359 g/mol. The van der Waals surface area contributed by atoms with Gasteiger partial charge in [0, 0.05) is 4.47 Å². The number of halogens is 3. The molecule has 0 aliphatic heterocycles. The van der Waals surface area contributed by atoms with E-state index in [1.165, 1.54) is 0 Å². The standard InChI is InChI=1S/C15H11BrCl2N2/c1-9-5-6-10(16)7-13(9)20-14(8-17)19-12-4-2-3-11(18)15(12)20/h2-7H,8H2,1H3. The van der Waals surface area contributed by atoms with E-state index in [4.69, 9.17) is 23.2 Å². The maximum absolute atomic E-state index is 6.36. The average molecular weight is 370 g/mol. The highest BCUT2D eigenvalue weighted by Crippen LogP contribution is 2.31. The summed E-state index contributed by atoms with van der Waals surface area (Å²) in [6.07, 6.45) is 0. The Morgan fingerprint density at radius 2 is 2.05 bits per heavy atom. The van der Waals surface area contributed by atoms with Crippen LogP contribution in [0.2, 0.25) is 5.02 Å². The second-order valence-electron chi connectivity index (χ2n) is 4.54. The number of aryl methyl sites for hydroxylation is 1. The van der Waals surface area contributed by atoms with E-state index in [-0.39, 0.29) is 0 Å². The van der Waals surface area contributed by atoms with Gasteiger partial charge in [-0.25, -0.2) is 4.98 Å². The van der Waals surface area contributed by atoms with E-state index in [9.17, 15) is 0 Å². The van der Waals surface area contributed by atoms with E-state index in [1.807, 2.05) is 28.8 Å². The number of rotatable bonds is 2. The monoisotopic (exact) mass is 368 g/mol. The Labute approximate surface area is 135 Å². The third-order valence-electron chi connectivity index (χ3n) is 3.23. The molecule has 0 radical (unpaired) electrons. The van der Waals surface area contributed by atoms with Crippen molar-refractivity contribution in [1.82, 2.24) is 9.55 Å². The molecule has 1 aromatic heterocycles. The lowest BCUT2D eigenvalue weighted by Crippen LogP contribution is -2.02. The fourth-order valence-corrected chi connectivity index (χ4v) is 3.09. The van der Waals surface area contributed by atoms with Crippen molar-refractivity contribution in [3.8, 4) is 5.69 Å². The Morgan fingerprint density at radius 3 is 2.80 bits per heavy atom. The Hall–Kier alpha value is -1.03. The van der Waals surface area contributed by atoms with Crippen LogP contribution in [0.3, 0.4) is 0 Å². The molecule has 102 valence electrons. The molecule has 0 fully saturated rings. The first-order valence-electron chi connectivity index (χ1n) is 6.10. The van der Waals surface area contributed by atoms with E-state index in [2.05, 4.69) is 40.0 Å². The average Bonchev–Trinajstić information content (AvgIpc) is 2.81. The normalized spacial score (nSPS) is 11.2. The van der Waals surface area contributed by atoms with Crippen molar-refractivity contribution in [2.24, 2.45) is 0 Å². The Balaban J connectivity index is 2.42. The number of hydrogen-bond acceptors (Lipinski definition) is 1. The van der Waals surface area contributed by atoms with Gasteiger partial charge in [0.1, 0.15) is 5.82 Å². The summed E-state index contributed by atoms with van der Waals surface area (Å²) in [4.78, 5) is 4.57. The summed E-state index contributed by atoms with van der Waals surface area (Å²) >= 11 is 15.9. The highest BCUT2D eigenvalue weighted by atomic mass is 79.9. The van der Waals surface area contributed by atoms with Gasteiger partial charge < -0.3 is 0 Å². The number of benzene rings is 2. The Kier molecular flexibility index (Phi) is 3.76. The lowest BCUT2D eigenvalue weighted by atomic mass is 10.2. The third kappa shape index (κ3) is 2.24. The van der Waals surface area contributed by atoms with Gasteiger partial charge in [-0.05, 0) is 36.8 Å². The summed E-state index contributed by atoms with van der Waals surface area (Å²) in [5.74, 6) is 1.12. The summed E-state index contributed by atoms with van der Waals surface area (Å²) in [5.41, 5.74) is 3.92. The molecule has 20 heavy (non-hydrogen) atoms. The quantitative estimate of drug-likeness (QED) is 0.546. The molecule has 3 rings (SSSR count). The molecule has 0 saturated heterocycles. The van der Waals surface area contributed by atoms with Gasteiger partial charge in [0.2, 0.25) is 0 Å². The topological polar surface area (TPSA) is 17.8 Å². The van der Waals surface area contributed by atoms with Gasteiger partial charge in [-0.3, -0.25) is 4.57 Å². The second-order valence-corrected chi connectivity index (χ2v) is 6.13. The van der Waals surface area contributed by atoms with Gasteiger partial charge in [-0.15, -0.1) is 11.6 Å². The van der Waals surface area contributed by atoms with E-state index < -0.39 is 0 Å². The first-order valence-corrected chi connectivity index (χ1v) is 7.80. The van der Waals surface area contributed by atoms with Crippen LogP contribution in [0.25, 0.3) is 16.7 Å². The molecule has 0 N–H and O–H groups in total. The van der Waals surface area contributed by atoms with Gasteiger partial charge in [0.15, 0.2) is 0 Å². The number of hydrogen-bond donors (Lipinski definition) is 0. The predicted octanol–water partition coefficient (Wildman–Crippen LogP) is 5.49. The molecular formula is C15H11BrCl2N2. The fourth-order valence-electron chi connectivity index (χ4n) is 2.31. The van der Waals surface area contributed by atoms with Crippen LogP contribution in [0.15, 0.2) is 40.9 Å². The zero-order valence-electron chi connectivity index (χ0n) is 10.7. The molecule has 0 saturated carbocycles. The van der Waals surface area contributed by atoms with Crippen LogP contribution in [0, 0.1) is 6.92 Å². The zero-order valence-corrected chi connectivity index (χ0v) is 13.8. The van der Waals surface area contributed by atoms with Crippen LogP contribution >= 0.6 is 39.1 Å². The molecule has 0 spiro atoms. The lowest BCUT2D eigenvalue weighted by molar-refractivity contribution is 0.971. The number of nitrogens with zero attached hydrogens (tertiary/aromatic N) is 2. The van der Waals surface area contributed by atoms with Crippen molar-refractivity contribution in [3.63, 3.8) is 0 Å². The highest BCUT2D eigenvalue weighted by Gasteiger charge is 2.15. The largest absolute Gasteiger partial charge is 0.293 e. The molecule has 5 heteroatoms. The first kappa shape index (κ1) is 13.9. The Bertz CT molecular complexity index is 796. The minimum absolute atomic E-state index is 0.330. The number of imidazole rings is 1. The summed E-state index contributed by atoms with van der Waals surface area (Å²) in [7, 11) is 0. The van der Waals surface area contributed by atoms with Gasteiger partial charge in [-0.2, -0.15) is 0 Å². The molecule has 1 heterocycles. The highest BCUT2D eigenvalue weighted by molar-refractivity contribution is 9.10. The maximum atomic E-state index is 6.36. The van der Waals surface area contributed by atoms with E-state index in [0.29, 0.717) is 10.9 Å². The molecule has 0 bridgehead atoms. The van der Waals surface area contributed by atoms with Crippen molar-refractivity contribution in [3.05, 3.63) is 57.3 Å². The number of para-hydroxylation sites is 1. The van der Waals surface area contributed by atoms with Gasteiger partial charge in [0.05, 0.1) is 27.6 Å². The van der Waals surface area contributed by atoms with Crippen LogP contribution in [-0.4, -0.2) is 9.55 Å². The summed E-state index contributed by atoms with van der Waals surface area (Å²) < 4.78 is 3.04. The van der Waals surface area contributed by atoms with Gasteiger partial charge in [0.25, 0.3) is 0 Å². The lowest BCUT2D eigenvalue weighted by Gasteiger charge is -2.12. The van der Waals surface area contributed by atoms with Gasteiger partial charge >= 0.3 is 0 Å². The van der Waals surface area contributed by atoms with Crippen molar-refractivity contribution in [2.45, 2.75) is 12.8 Å². The SMILES string of the molecule is Cc1ccc(Br)cc1-n1c(CCl)nc2cccc(Cl)c21. The zero-order chi connectivity index (χ0) is 14.3.